The molecule has 1 rings (SSSR count). The molecule has 10 heteroatoms. The normalized spacial score (nSPS) is 11.7. The van der Waals surface area contributed by atoms with Gasteiger partial charge >= 0.3 is 17.6 Å². The maximum absolute atomic E-state index is 13.4. The average molecular weight is 366 g/mol. The number of halogens is 2. The van der Waals surface area contributed by atoms with Crippen molar-refractivity contribution in [2.24, 2.45) is 0 Å². The number of ether oxygens (including phenoxy) is 1. The van der Waals surface area contributed by atoms with Crippen LogP contribution in [0.2, 0.25) is 0 Å². The van der Waals surface area contributed by atoms with Crippen LogP contribution in [0.1, 0.15) is 12.8 Å². The van der Waals surface area contributed by atoms with Gasteiger partial charge in [0.2, 0.25) is 5.75 Å². The SMILES string of the molecule is O=C(O)CCC(Oc1cc(F)c(Br)cc1[N+](=O)[O-])C(=O)O. The standard InChI is InChI=1S/C11H9BrFNO7/c12-5-3-7(14(19)20)9(4-6(5)13)21-8(11(17)18)1-2-10(15)16/h3-4,8H,1-2H2,(H,15,16)(H,17,18). The van der Waals surface area contributed by atoms with Gasteiger partial charge in [-0.3, -0.25) is 14.9 Å². The van der Waals surface area contributed by atoms with E-state index in [-0.39, 0.29) is 4.47 Å². The highest BCUT2D eigenvalue weighted by Crippen LogP contribution is 2.33. The van der Waals surface area contributed by atoms with Crippen LogP contribution in [0, 0.1) is 15.9 Å². The van der Waals surface area contributed by atoms with Gasteiger partial charge in [0, 0.05) is 25.0 Å². The summed E-state index contributed by atoms with van der Waals surface area (Å²) in [6.07, 6.45) is -2.57. The molecule has 0 fully saturated rings. The van der Waals surface area contributed by atoms with Crippen molar-refractivity contribution >= 4 is 33.6 Å². The molecule has 8 nitrogen and oxygen atoms in total. The summed E-state index contributed by atoms with van der Waals surface area (Å²) < 4.78 is 18.1. The average Bonchev–Trinajstić information content (AvgIpc) is 2.37. The summed E-state index contributed by atoms with van der Waals surface area (Å²) in [5, 5.41) is 28.3. The van der Waals surface area contributed by atoms with Crippen molar-refractivity contribution in [1.82, 2.24) is 0 Å². The van der Waals surface area contributed by atoms with Crippen LogP contribution < -0.4 is 4.74 Å². The summed E-state index contributed by atoms with van der Waals surface area (Å²) >= 11 is 2.76. The highest BCUT2D eigenvalue weighted by Gasteiger charge is 2.26. The van der Waals surface area contributed by atoms with Crippen molar-refractivity contribution < 1.29 is 33.9 Å². The second kappa shape index (κ2) is 6.97. The molecule has 1 atom stereocenters. The number of carbonyl (C=O) groups is 2. The van der Waals surface area contributed by atoms with Crippen molar-refractivity contribution in [3.63, 3.8) is 0 Å². The molecule has 0 aliphatic heterocycles. The summed E-state index contributed by atoms with van der Waals surface area (Å²) in [5.74, 6) is -4.22. The Morgan fingerprint density at radius 1 is 1.43 bits per heavy atom. The molecule has 21 heavy (non-hydrogen) atoms. The van der Waals surface area contributed by atoms with E-state index in [1.165, 1.54) is 0 Å². The molecule has 0 saturated carbocycles. The van der Waals surface area contributed by atoms with Crippen LogP contribution in [-0.2, 0) is 9.59 Å². The van der Waals surface area contributed by atoms with E-state index in [2.05, 4.69) is 15.9 Å². The number of rotatable bonds is 7. The van der Waals surface area contributed by atoms with Gasteiger partial charge in [0.25, 0.3) is 0 Å². The molecule has 0 aliphatic rings. The topological polar surface area (TPSA) is 127 Å². The minimum atomic E-state index is -1.64. The van der Waals surface area contributed by atoms with Gasteiger partial charge in [-0.1, -0.05) is 0 Å². The van der Waals surface area contributed by atoms with Gasteiger partial charge in [0.05, 0.1) is 9.40 Å². The van der Waals surface area contributed by atoms with Crippen molar-refractivity contribution in [1.29, 1.82) is 0 Å². The highest BCUT2D eigenvalue weighted by molar-refractivity contribution is 9.10. The molecular weight excluding hydrogens is 357 g/mol. The van der Waals surface area contributed by atoms with E-state index in [0.717, 1.165) is 6.07 Å². The Morgan fingerprint density at radius 3 is 2.52 bits per heavy atom. The predicted octanol–water partition coefficient (Wildman–Crippen LogP) is 2.19. The van der Waals surface area contributed by atoms with E-state index in [1.54, 1.807) is 0 Å². The third kappa shape index (κ3) is 4.67. The maximum atomic E-state index is 13.4. The van der Waals surface area contributed by atoms with Gasteiger partial charge in [-0.15, -0.1) is 0 Å². The fourth-order valence-corrected chi connectivity index (χ4v) is 1.73. The van der Waals surface area contributed by atoms with Gasteiger partial charge in [-0.25, -0.2) is 9.18 Å². The Bertz CT molecular complexity index is 592. The van der Waals surface area contributed by atoms with Crippen LogP contribution in [-0.4, -0.2) is 33.2 Å². The number of nitrogens with zero attached hydrogens (tertiary/aromatic N) is 1. The first-order chi connectivity index (χ1) is 9.72. The first-order valence-corrected chi connectivity index (χ1v) is 6.26. The van der Waals surface area contributed by atoms with E-state index in [9.17, 15) is 24.1 Å². The fourth-order valence-electron chi connectivity index (χ4n) is 1.40. The summed E-state index contributed by atoms with van der Waals surface area (Å²) in [7, 11) is 0. The molecule has 0 amide bonds. The zero-order chi connectivity index (χ0) is 16.2. The zero-order valence-corrected chi connectivity index (χ0v) is 11.9. The molecule has 0 aromatic heterocycles. The quantitative estimate of drug-likeness (QED) is 0.559. The molecule has 1 unspecified atom stereocenters. The van der Waals surface area contributed by atoms with Crippen LogP contribution in [0.15, 0.2) is 16.6 Å². The van der Waals surface area contributed by atoms with E-state index in [0.29, 0.717) is 6.07 Å². The van der Waals surface area contributed by atoms with Crippen molar-refractivity contribution in [2.75, 3.05) is 0 Å². The molecule has 0 saturated heterocycles. The minimum Gasteiger partial charge on any atom is -0.481 e. The van der Waals surface area contributed by atoms with Gasteiger partial charge in [-0.05, 0) is 15.9 Å². The van der Waals surface area contributed by atoms with Gasteiger partial charge < -0.3 is 14.9 Å². The summed E-state index contributed by atoms with van der Waals surface area (Å²) in [5.41, 5.74) is -0.634. The van der Waals surface area contributed by atoms with E-state index < -0.39 is 53.1 Å². The zero-order valence-electron chi connectivity index (χ0n) is 10.3. The van der Waals surface area contributed by atoms with Crippen LogP contribution in [0.3, 0.4) is 0 Å². The smallest absolute Gasteiger partial charge is 0.344 e. The Morgan fingerprint density at radius 2 is 2.05 bits per heavy atom. The number of aliphatic carboxylic acids is 2. The highest BCUT2D eigenvalue weighted by atomic mass is 79.9. The molecule has 2 N–H and O–H groups in total. The van der Waals surface area contributed by atoms with Crippen molar-refractivity contribution in [3.05, 3.63) is 32.5 Å². The minimum absolute atomic E-state index is 0.182. The molecule has 0 bridgehead atoms. The van der Waals surface area contributed by atoms with E-state index >= 15 is 0 Å². The van der Waals surface area contributed by atoms with Crippen LogP contribution in [0.5, 0.6) is 5.75 Å². The number of hydrogen-bond donors (Lipinski definition) is 2. The molecule has 114 valence electrons. The summed E-state index contributed by atoms with van der Waals surface area (Å²) in [6.45, 7) is 0. The molecule has 0 aliphatic carbocycles. The van der Waals surface area contributed by atoms with Gasteiger partial charge in [0.1, 0.15) is 5.82 Å². The molecule has 1 aromatic carbocycles. The molecule has 1 aromatic rings. The number of nitro groups is 1. The summed E-state index contributed by atoms with van der Waals surface area (Å²) in [6, 6.07) is 1.50. The Hall–Kier alpha value is -2.23. The lowest BCUT2D eigenvalue weighted by molar-refractivity contribution is -0.386. The Balaban J connectivity index is 3.07. The number of carboxylic acids is 2. The number of carboxylic acid groups (broad SMARTS) is 2. The molecule has 0 spiro atoms. The van der Waals surface area contributed by atoms with Gasteiger partial charge in [0.15, 0.2) is 6.10 Å². The first kappa shape index (κ1) is 16.8. The third-order valence-electron chi connectivity index (χ3n) is 2.36. The number of nitro benzene ring substituents is 1. The number of hydrogen-bond acceptors (Lipinski definition) is 5. The summed E-state index contributed by atoms with van der Waals surface area (Å²) in [4.78, 5) is 31.4. The van der Waals surface area contributed by atoms with Gasteiger partial charge in [-0.2, -0.15) is 0 Å². The van der Waals surface area contributed by atoms with Crippen LogP contribution in [0.25, 0.3) is 0 Å². The predicted molar refractivity (Wildman–Crippen MR) is 69.7 cm³/mol. The Labute approximate surface area is 125 Å². The molecule has 0 heterocycles. The van der Waals surface area contributed by atoms with Crippen molar-refractivity contribution in [2.45, 2.75) is 18.9 Å². The second-order valence-electron chi connectivity index (χ2n) is 3.87. The Kier molecular flexibility index (Phi) is 5.59. The fraction of sp³-hybridized carbons (Fsp3) is 0.273. The first-order valence-electron chi connectivity index (χ1n) is 5.47. The van der Waals surface area contributed by atoms with E-state index in [1.807, 2.05) is 0 Å². The van der Waals surface area contributed by atoms with Crippen LogP contribution in [0.4, 0.5) is 10.1 Å². The van der Waals surface area contributed by atoms with Crippen LogP contribution >= 0.6 is 15.9 Å². The lowest BCUT2D eigenvalue weighted by atomic mass is 10.2. The second-order valence-corrected chi connectivity index (χ2v) is 4.72. The maximum Gasteiger partial charge on any atom is 0.344 e. The monoisotopic (exact) mass is 365 g/mol. The lowest BCUT2D eigenvalue weighted by Gasteiger charge is -2.14. The van der Waals surface area contributed by atoms with Crippen molar-refractivity contribution in [3.8, 4) is 5.75 Å². The lowest BCUT2D eigenvalue weighted by Crippen LogP contribution is -2.28. The molecular formula is C11H9BrFNO7. The molecule has 0 radical (unpaired) electrons. The van der Waals surface area contributed by atoms with E-state index in [4.69, 9.17) is 14.9 Å². The number of benzene rings is 1. The largest absolute Gasteiger partial charge is 0.481 e. The third-order valence-corrected chi connectivity index (χ3v) is 2.97.